The number of hydrogen-bond acceptors (Lipinski definition) is 4. The number of halogens is 1. The van der Waals surface area contributed by atoms with Crippen molar-refractivity contribution < 1.29 is 13.2 Å². The molecular formula is C19H30ClN3O3S. The molecule has 0 spiro atoms. The molecule has 1 saturated heterocycles. The number of carbonyl (C=O) groups is 1. The number of nitrogens with one attached hydrogen (secondary N) is 2. The molecule has 8 heteroatoms. The highest BCUT2D eigenvalue weighted by molar-refractivity contribution is 7.89. The van der Waals surface area contributed by atoms with Gasteiger partial charge in [-0.15, -0.1) is 11.6 Å². The first-order valence-corrected chi connectivity index (χ1v) is 11.5. The molecular weight excluding hydrogens is 386 g/mol. The van der Waals surface area contributed by atoms with Gasteiger partial charge in [0.2, 0.25) is 15.9 Å². The summed E-state index contributed by atoms with van der Waals surface area (Å²) in [6.45, 7) is 8.27. The van der Waals surface area contributed by atoms with Crippen molar-refractivity contribution in [2.24, 2.45) is 0 Å². The first-order valence-electron chi connectivity index (χ1n) is 9.53. The SMILES string of the molecule is CC[C@H](C)NS(=O)(=O)c1cc(NC(=O)[C@@H](C)Cl)ccc1N1CCCC[C@@H]1C. The van der Waals surface area contributed by atoms with E-state index in [0.717, 1.165) is 25.8 Å². The number of alkyl halides is 1. The topological polar surface area (TPSA) is 78.5 Å². The van der Waals surface area contributed by atoms with Gasteiger partial charge in [-0.05, 0) is 64.7 Å². The average Bonchev–Trinajstić information content (AvgIpc) is 2.61. The van der Waals surface area contributed by atoms with Crippen LogP contribution in [0.3, 0.4) is 0 Å². The van der Waals surface area contributed by atoms with Gasteiger partial charge in [-0.2, -0.15) is 0 Å². The first-order chi connectivity index (χ1) is 12.7. The molecule has 0 unspecified atom stereocenters. The Morgan fingerprint density at radius 3 is 2.63 bits per heavy atom. The summed E-state index contributed by atoms with van der Waals surface area (Å²) >= 11 is 5.82. The number of sulfonamides is 1. The second kappa shape index (κ2) is 9.26. The minimum absolute atomic E-state index is 0.178. The zero-order chi connectivity index (χ0) is 20.2. The van der Waals surface area contributed by atoms with E-state index in [-0.39, 0.29) is 22.9 Å². The quantitative estimate of drug-likeness (QED) is 0.665. The molecule has 0 saturated carbocycles. The van der Waals surface area contributed by atoms with E-state index in [9.17, 15) is 13.2 Å². The van der Waals surface area contributed by atoms with Gasteiger partial charge in [0, 0.05) is 24.3 Å². The lowest BCUT2D eigenvalue weighted by atomic mass is 10.0. The number of hydrogen-bond donors (Lipinski definition) is 2. The van der Waals surface area contributed by atoms with Gasteiger partial charge in [0.25, 0.3) is 0 Å². The molecule has 152 valence electrons. The van der Waals surface area contributed by atoms with Gasteiger partial charge in [-0.1, -0.05) is 6.92 Å². The fourth-order valence-electron chi connectivity index (χ4n) is 3.15. The van der Waals surface area contributed by atoms with Crippen LogP contribution in [0.5, 0.6) is 0 Å². The zero-order valence-electron chi connectivity index (χ0n) is 16.5. The van der Waals surface area contributed by atoms with Gasteiger partial charge in [0.15, 0.2) is 0 Å². The van der Waals surface area contributed by atoms with Crippen LogP contribution in [0.25, 0.3) is 0 Å². The van der Waals surface area contributed by atoms with E-state index < -0.39 is 15.4 Å². The van der Waals surface area contributed by atoms with Gasteiger partial charge in [-0.3, -0.25) is 4.79 Å². The number of benzene rings is 1. The number of amides is 1. The summed E-state index contributed by atoms with van der Waals surface area (Å²) in [5.41, 5.74) is 1.10. The molecule has 0 aromatic heterocycles. The van der Waals surface area contributed by atoms with Gasteiger partial charge in [0.05, 0.1) is 5.69 Å². The molecule has 3 atom stereocenters. The summed E-state index contributed by atoms with van der Waals surface area (Å²) in [4.78, 5) is 14.3. The minimum atomic E-state index is -3.73. The van der Waals surface area contributed by atoms with Crippen molar-refractivity contribution in [1.29, 1.82) is 0 Å². The highest BCUT2D eigenvalue weighted by Gasteiger charge is 2.27. The van der Waals surface area contributed by atoms with Crippen molar-refractivity contribution in [2.45, 2.75) is 75.7 Å². The standard InChI is InChI=1S/C19H30ClN3O3S/c1-5-13(2)22-27(25,26)18-12-16(21-19(24)15(4)20)9-10-17(18)23-11-7-6-8-14(23)3/h9-10,12-15,22H,5-8,11H2,1-4H3,(H,21,24)/t13-,14-,15+/m0/s1. The van der Waals surface area contributed by atoms with Crippen LogP contribution >= 0.6 is 11.6 Å². The Bertz CT molecular complexity index is 767. The smallest absolute Gasteiger partial charge is 0.242 e. The molecule has 1 amide bonds. The molecule has 0 aliphatic carbocycles. The predicted octanol–water partition coefficient (Wildman–Crippen LogP) is 3.71. The molecule has 0 bridgehead atoms. The molecule has 1 heterocycles. The molecule has 1 aromatic carbocycles. The van der Waals surface area contributed by atoms with Crippen LogP contribution in [-0.2, 0) is 14.8 Å². The number of nitrogens with zero attached hydrogens (tertiary/aromatic N) is 1. The van der Waals surface area contributed by atoms with Crippen LogP contribution in [0.1, 0.15) is 53.4 Å². The summed E-state index contributed by atoms with van der Waals surface area (Å²) in [5.74, 6) is -0.367. The lowest BCUT2D eigenvalue weighted by Gasteiger charge is -2.36. The van der Waals surface area contributed by atoms with Crippen LogP contribution in [0.2, 0.25) is 0 Å². The van der Waals surface area contributed by atoms with Gasteiger partial charge >= 0.3 is 0 Å². The second-order valence-electron chi connectivity index (χ2n) is 7.26. The average molecular weight is 416 g/mol. The second-order valence-corrected chi connectivity index (χ2v) is 9.59. The molecule has 1 aromatic rings. The van der Waals surface area contributed by atoms with E-state index in [1.54, 1.807) is 19.1 Å². The molecule has 1 aliphatic heterocycles. The Hall–Kier alpha value is -1.31. The van der Waals surface area contributed by atoms with E-state index in [1.807, 2.05) is 13.8 Å². The molecule has 27 heavy (non-hydrogen) atoms. The summed E-state index contributed by atoms with van der Waals surface area (Å²) in [7, 11) is -3.73. The first kappa shape index (κ1) is 22.0. The predicted molar refractivity (Wildman–Crippen MR) is 111 cm³/mol. The van der Waals surface area contributed by atoms with Crippen molar-refractivity contribution in [3.8, 4) is 0 Å². The number of rotatable bonds is 7. The lowest BCUT2D eigenvalue weighted by molar-refractivity contribution is -0.115. The van der Waals surface area contributed by atoms with E-state index >= 15 is 0 Å². The van der Waals surface area contributed by atoms with E-state index in [4.69, 9.17) is 11.6 Å². The highest BCUT2D eigenvalue weighted by Crippen LogP contribution is 2.33. The largest absolute Gasteiger partial charge is 0.368 e. The third kappa shape index (κ3) is 5.59. The number of carbonyl (C=O) groups excluding carboxylic acids is 1. The van der Waals surface area contributed by atoms with Crippen LogP contribution < -0.4 is 14.9 Å². The molecule has 1 aliphatic rings. The number of anilines is 2. The Kier molecular flexibility index (Phi) is 7.54. The fourth-order valence-corrected chi connectivity index (χ4v) is 4.77. The highest BCUT2D eigenvalue weighted by atomic mass is 35.5. The third-order valence-electron chi connectivity index (χ3n) is 4.96. The maximum absolute atomic E-state index is 13.1. The van der Waals surface area contributed by atoms with Gasteiger partial charge in [0.1, 0.15) is 10.3 Å². The van der Waals surface area contributed by atoms with E-state index in [0.29, 0.717) is 17.8 Å². The molecule has 0 radical (unpaired) electrons. The van der Waals surface area contributed by atoms with Gasteiger partial charge in [-0.25, -0.2) is 13.1 Å². The lowest BCUT2D eigenvalue weighted by Crippen LogP contribution is -2.39. The Morgan fingerprint density at radius 1 is 1.33 bits per heavy atom. The van der Waals surface area contributed by atoms with Crippen LogP contribution in [-0.4, -0.2) is 38.3 Å². The Balaban J connectivity index is 2.47. The van der Waals surface area contributed by atoms with Crippen molar-refractivity contribution in [1.82, 2.24) is 4.72 Å². The van der Waals surface area contributed by atoms with Crippen LogP contribution in [0, 0.1) is 0 Å². The molecule has 1 fully saturated rings. The fraction of sp³-hybridized carbons (Fsp3) is 0.632. The summed E-state index contributed by atoms with van der Waals surface area (Å²) in [5, 5.41) is 1.98. The van der Waals surface area contributed by atoms with E-state index in [2.05, 4.69) is 21.9 Å². The third-order valence-corrected chi connectivity index (χ3v) is 6.78. The minimum Gasteiger partial charge on any atom is -0.368 e. The summed E-state index contributed by atoms with van der Waals surface area (Å²) < 4.78 is 28.9. The van der Waals surface area contributed by atoms with Crippen molar-refractivity contribution in [3.63, 3.8) is 0 Å². The monoisotopic (exact) mass is 415 g/mol. The van der Waals surface area contributed by atoms with Crippen LogP contribution in [0.4, 0.5) is 11.4 Å². The van der Waals surface area contributed by atoms with Crippen molar-refractivity contribution in [3.05, 3.63) is 18.2 Å². The zero-order valence-corrected chi connectivity index (χ0v) is 18.0. The molecule has 6 nitrogen and oxygen atoms in total. The number of piperidine rings is 1. The maximum Gasteiger partial charge on any atom is 0.242 e. The molecule has 2 rings (SSSR count). The van der Waals surface area contributed by atoms with Crippen LogP contribution in [0.15, 0.2) is 23.1 Å². The summed E-state index contributed by atoms with van der Waals surface area (Å²) in [6, 6.07) is 5.12. The Labute approximate surface area is 167 Å². The normalized spacial score (nSPS) is 20.2. The van der Waals surface area contributed by atoms with Crippen molar-refractivity contribution in [2.75, 3.05) is 16.8 Å². The van der Waals surface area contributed by atoms with E-state index in [1.165, 1.54) is 6.07 Å². The Morgan fingerprint density at radius 2 is 2.04 bits per heavy atom. The summed E-state index contributed by atoms with van der Waals surface area (Å²) in [6.07, 6.45) is 3.90. The van der Waals surface area contributed by atoms with Crippen molar-refractivity contribution >= 4 is 38.9 Å². The van der Waals surface area contributed by atoms with Gasteiger partial charge < -0.3 is 10.2 Å². The maximum atomic E-state index is 13.1. The molecule has 2 N–H and O–H groups in total.